The van der Waals surface area contributed by atoms with Crippen molar-refractivity contribution in [1.82, 2.24) is 4.98 Å². The lowest BCUT2D eigenvalue weighted by molar-refractivity contribution is -0.604. The van der Waals surface area contributed by atoms with Crippen LogP contribution in [0.25, 0.3) is 5.82 Å². The van der Waals surface area contributed by atoms with Crippen LogP contribution in [0.5, 0.6) is 0 Å². The summed E-state index contributed by atoms with van der Waals surface area (Å²) in [5, 5.41) is 10.8. The summed E-state index contributed by atoms with van der Waals surface area (Å²) in [7, 11) is 0. The molecule has 2 heterocycles. The third-order valence-electron chi connectivity index (χ3n) is 2.06. The number of nitrogens with two attached hydrogens (primary N) is 1. The SMILES string of the molecule is Nc1cc[n+](-c2ncccc2[N+](=O)[O-])cc1.[Cl-]. The molecule has 6 nitrogen and oxygen atoms in total. The highest BCUT2D eigenvalue weighted by molar-refractivity contribution is 5.40. The van der Waals surface area contributed by atoms with E-state index in [2.05, 4.69) is 4.98 Å². The summed E-state index contributed by atoms with van der Waals surface area (Å²) in [6.45, 7) is 0. The summed E-state index contributed by atoms with van der Waals surface area (Å²) in [5.74, 6) is 0.271. The van der Waals surface area contributed by atoms with Gasteiger partial charge in [-0.25, -0.2) is 0 Å². The van der Waals surface area contributed by atoms with E-state index in [4.69, 9.17) is 5.73 Å². The van der Waals surface area contributed by atoms with Crippen LogP contribution in [0.15, 0.2) is 42.9 Å². The topological polar surface area (TPSA) is 85.9 Å². The van der Waals surface area contributed by atoms with Gasteiger partial charge in [0.2, 0.25) is 0 Å². The number of pyridine rings is 2. The first-order valence-corrected chi connectivity index (χ1v) is 4.55. The highest BCUT2D eigenvalue weighted by Crippen LogP contribution is 2.14. The van der Waals surface area contributed by atoms with E-state index in [0.717, 1.165) is 0 Å². The third kappa shape index (κ3) is 2.67. The van der Waals surface area contributed by atoms with Crippen molar-refractivity contribution in [2.75, 3.05) is 5.73 Å². The number of hydrogen-bond acceptors (Lipinski definition) is 4. The zero-order valence-electron chi connectivity index (χ0n) is 8.65. The number of anilines is 1. The Morgan fingerprint density at radius 1 is 1.29 bits per heavy atom. The fourth-order valence-corrected chi connectivity index (χ4v) is 1.31. The number of nitro groups is 1. The minimum atomic E-state index is -0.467. The monoisotopic (exact) mass is 252 g/mol. The number of nitrogens with zero attached hydrogens (tertiary/aromatic N) is 3. The normalized spacial score (nSPS) is 9.41. The second kappa shape index (κ2) is 5.22. The molecule has 2 rings (SSSR count). The van der Waals surface area contributed by atoms with Crippen molar-refractivity contribution in [3.05, 3.63) is 53.0 Å². The Bertz CT molecular complexity index is 530. The van der Waals surface area contributed by atoms with Crippen LogP contribution < -0.4 is 22.7 Å². The molecule has 0 aliphatic heterocycles. The molecule has 2 aromatic rings. The van der Waals surface area contributed by atoms with Gasteiger partial charge in [0, 0.05) is 23.9 Å². The molecule has 17 heavy (non-hydrogen) atoms. The number of rotatable bonds is 2. The van der Waals surface area contributed by atoms with Crippen LogP contribution in [0, 0.1) is 10.1 Å². The molecule has 0 saturated heterocycles. The van der Waals surface area contributed by atoms with E-state index in [-0.39, 0.29) is 23.9 Å². The lowest BCUT2D eigenvalue weighted by Crippen LogP contribution is -3.00. The molecule has 0 aliphatic carbocycles. The quantitative estimate of drug-likeness (QED) is 0.375. The molecular formula is C10H9ClN4O2. The van der Waals surface area contributed by atoms with Crippen LogP contribution >= 0.6 is 0 Å². The minimum absolute atomic E-state index is 0. The molecule has 88 valence electrons. The standard InChI is InChI=1S/C10H8N4O2.ClH/c11-8-3-6-13(7-4-8)10-9(14(15)16)2-1-5-12-10;/h1-7,11H;1H. The number of halogens is 1. The Hall–Kier alpha value is -2.21. The molecule has 0 radical (unpaired) electrons. The van der Waals surface area contributed by atoms with Gasteiger partial charge in [-0.15, -0.1) is 0 Å². The summed E-state index contributed by atoms with van der Waals surface area (Å²) >= 11 is 0. The first-order chi connectivity index (χ1) is 7.68. The van der Waals surface area contributed by atoms with Crippen LogP contribution in [0.1, 0.15) is 0 Å². The molecule has 0 bridgehead atoms. The third-order valence-corrected chi connectivity index (χ3v) is 2.06. The van der Waals surface area contributed by atoms with E-state index >= 15 is 0 Å². The first-order valence-electron chi connectivity index (χ1n) is 4.55. The lowest BCUT2D eigenvalue weighted by atomic mass is 10.3. The minimum Gasteiger partial charge on any atom is -1.00 e. The lowest BCUT2D eigenvalue weighted by Gasteiger charge is -1.97. The van der Waals surface area contributed by atoms with E-state index in [1.165, 1.54) is 18.3 Å². The Morgan fingerprint density at radius 3 is 2.53 bits per heavy atom. The average Bonchev–Trinajstić information content (AvgIpc) is 2.30. The molecular weight excluding hydrogens is 244 g/mol. The van der Waals surface area contributed by atoms with Crippen LogP contribution in [-0.4, -0.2) is 9.91 Å². The van der Waals surface area contributed by atoms with Gasteiger partial charge in [0.1, 0.15) is 6.20 Å². The van der Waals surface area contributed by atoms with Gasteiger partial charge in [0.15, 0.2) is 0 Å². The highest BCUT2D eigenvalue weighted by Gasteiger charge is 2.23. The van der Waals surface area contributed by atoms with Crippen LogP contribution in [0.4, 0.5) is 11.4 Å². The van der Waals surface area contributed by atoms with E-state index < -0.39 is 4.92 Å². The molecule has 0 unspecified atom stereocenters. The van der Waals surface area contributed by atoms with Crippen molar-refractivity contribution in [2.24, 2.45) is 0 Å². The van der Waals surface area contributed by atoms with Crippen molar-refractivity contribution < 1.29 is 21.9 Å². The average molecular weight is 253 g/mol. The molecule has 2 aromatic heterocycles. The molecule has 0 fully saturated rings. The van der Waals surface area contributed by atoms with Gasteiger partial charge in [0.25, 0.3) is 0 Å². The maximum Gasteiger partial charge on any atom is 0.406 e. The van der Waals surface area contributed by atoms with Gasteiger partial charge in [-0.3, -0.25) is 10.1 Å². The van der Waals surface area contributed by atoms with Gasteiger partial charge in [0.05, 0.1) is 17.3 Å². The summed E-state index contributed by atoms with van der Waals surface area (Å²) in [6, 6.07) is 6.24. The molecule has 0 amide bonds. The molecule has 0 aliphatic rings. The summed E-state index contributed by atoms with van der Waals surface area (Å²) in [6.07, 6.45) is 4.76. The number of aromatic nitrogens is 2. The predicted molar refractivity (Wildman–Crippen MR) is 56.8 cm³/mol. The van der Waals surface area contributed by atoms with Crippen molar-refractivity contribution in [3.63, 3.8) is 0 Å². The zero-order valence-corrected chi connectivity index (χ0v) is 9.41. The van der Waals surface area contributed by atoms with Crippen LogP contribution in [0.3, 0.4) is 0 Å². The largest absolute Gasteiger partial charge is 1.00 e. The van der Waals surface area contributed by atoms with Crippen molar-refractivity contribution in [3.8, 4) is 5.82 Å². The molecule has 0 aromatic carbocycles. The molecule has 7 heteroatoms. The van der Waals surface area contributed by atoms with Gasteiger partial charge < -0.3 is 18.1 Å². The number of nitrogen functional groups attached to an aromatic ring is 1. The van der Waals surface area contributed by atoms with E-state index in [1.807, 2.05) is 0 Å². The maximum atomic E-state index is 10.8. The summed E-state index contributed by atoms with van der Waals surface area (Å²) in [5.41, 5.74) is 6.08. The zero-order chi connectivity index (χ0) is 11.5. The molecule has 0 saturated carbocycles. The predicted octanol–water partition coefficient (Wildman–Crippen LogP) is -2.15. The van der Waals surface area contributed by atoms with Crippen LogP contribution in [0.2, 0.25) is 0 Å². The van der Waals surface area contributed by atoms with E-state index in [1.54, 1.807) is 29.1 Å². The molecule has 0 spiro atoms. The van der Waals surface area contributed by atoms with E-state index in [9.17, 15) is 10.1 Å². The fraction of sp³-hybridized carbons (Fsp3) is 0. The molecule has 2 N–H and O–H groups in total. The van der Waals surface area contributed by atoms with Gasteiger partial charge in [-0.1, -0.05) is 0 Å². The Balaban J connectivity index is 0.00000144. The Labute approximate surface area is 103 Å². The maximum absolute atomic E-state index is 10.8. The fourth-order valence-electron chi connectivity index (χ4n) is 1.31. The van der Waals surface area contributed by atoms with E-state index in [0.29, 0.717) is 5.69 Å². The number of hydrogen-bond donors (Lipinski definition) is 1. The Morgan fingerprint density at radius 2 is 1.94 bits per heavy atom. The second-order valence-corrected chi connectivity index (χ2v) is 3.14. The van der Waals surface area contributed by atoms with Crippen LogP contribution in [-0.2, 0) is 0 Å². The highest BCUT2D eigenvalue weighted by atomic mass is 35.5. The Kier molecular flexibility index (Phi) is 3.95. The van der Waals surface area contributed by atoms with Gasteiger partial charge in [-0.05, 0) is 11.1 Å². The second-order valence-electron chi connectivity index (χ2n) is 3.14. The summed E-state index contributed by atoms with van der Waals surface area (Å²) < 4.78 is 1.55. The summed E-state index contributed by atoms with van der Waals surface area (Å²) in [4.78, 5) is 14.3. The smallest absolute Gasteiger partial charge is 0.406 e. The van der Waals surface area contributed by atoms with Crippen molar-refractivity contribution >= 4 is 11.4 Å². The first kappa shape index (κ1) is 12.9. The van der Waals surface area contributed by atoms with Crippen molar-refractivity contribution in [1.29, 1.82) is 0 Å². The van der Waals surface area contributed by atoms with Gasteiger partial charge in [-0.2, -0.15) is 4.57 Å². The van der Waals surface area contributed by atoms with Crippen molar-refractivity contribution in [2.45, 2.75) is 0 Å². The van der Waals surface area contributed by atoms with Gasteiger partial charge >= 0.3 is 11.5 Å². The molecule has 0 atom stereocenters.